The van der Waals surface area contributed by atoms with Gasteiger partial charge in [0.1, 0.15) is 0 Å². The third-order valence-electron chi connectivity index (χ3n) is 9.24. The zero-order valence-corrected chi connectivity index (χ0v) is 30.5. The van der Waals surface area contributed by atoms with Crippen molar-refractivity contribution in [3.63, 3.8) is 0 Å². The lowest BCUT2D eigenvalue weighted by Gasteiger charge is -2.24. The summed E-state index contributed by atoms with van der Waals surface area (Å²) in [6.07, 6.45) is -4.23. The number of hydrogen-bond donors (Lipinski definition) is 2. The van der Waals surface area contributed by atoms with Gasteiger partial charge in [-0.2, -0.15) is 0 Å². The summed E-state index contributed by atoms with van der Waals surface area (Å²) in [5.74, 6) is -3.14. The summed E-state index contributed by atoms with van der Waals surface area (Å²) in [4.78, 5) is 67.4. The molecule has 0 radical (unpaired) electrons. The lowest BCUT2D eigenvalue weighted by molar-refractivity contribution is -0.137. The predicted octanol–water partition coefficient (Wildman–Crippen LogP) is 5.34. The van der Waals surface area contributed by atoms with Crippen LogP contribution in [0.1, 0.15) is 61.5 Å². The van der Waals surface area contributed by atoms with Crippen LogP contribution in [-0.4, -0.2) is 81.8 Å². The minimum atomic E-state index is -1.43. The number of esters is 3. The Labute approximate surface area is 321 Å². The van der Waals surface area contributed by atoms with Gasteiger partial charge in [0.05, 0.1) is 24.6 Å². The van der Waals surface area contributed by atoms with Gasteiger partial charge in [0.2, 0.25) is 5.82 Å². The van der Waals surface area contributed by atoms with Crippen LogP contribution in [0.25, 0.3) is 11.2 Å². The number of ether oxygens (including phenoxy) is 4. The smallest absolute Gasteiger partial charge is 0.376 e. The first kappa shape index (κ1) is 37.4. The summed E-state index contributed by atoms with van der Waals surface area (Å²) in [7, 11) is 1.21. The van der Waals surface area contributed by atoms with Crippen LogP contribution >= 0.6 is 0 Å². The maximum absolute atomic E-state index is 13.7. The molecule has 1 saturated heterocycles. The number of methoxy groups -OCH3 is 1. The number of hydrogen-bond acceptors (Lipinski definition) is 12. The Balaban J connectivity index is 1.31. The van der Waals surface area contributed by atoms with E-state index in [1.54, 1.807) is 67.6 Å². The van der Waals surface area contributed by atoms with Gasteiger partial charge in [-0.15, -0.1) is 0 Å². The lowest BCUT2D eigenvalue weighted by atomic mass is 9.91. The van der Waals surface area contributed by atoms with Gasteiger partial charge in [-0.05, 0) is 42.3 Å². The van der Waals surface area contributed by atoms with Crippen molar-refractivity contribution in [3.05, 3.63) is 156 Å². The number of likely N-dealkylation sites (N-methyl/N-ethyl adjacent to an activating group) is 1. The maximum Gasteiger partial charge on any atom is 0.376 e. The molecule has 3 unspecified atom stereocenters. The van der Waals surface area contributed by atoms with Crippen molar-refractivity contribution >= 4 is 40.8 Å². The Morgan fingerprint density at radius 2 is 1.27 bits per heavy atom. The molecule has 56 heavy (non-hydrogen) atoms. The summed E-state index contributed by atoms with van der Waals surface area (Å²) in [6, 6.07) is 36.3. The molecule has 14 heteroatoms. The molecule has 2 aromatic heterocycles. The number of rotatable bonds is 13. The molecule has 2 N–H and O–H groups in total. The molecule has 6 aromatic rings. The van der Waals surface area contributed by atoms with Gasteiger partial charge in [-0.3, -0.25) is 9.36 Å². The van der Waals surface area contributed by atoms with E-state index in [-0.39, 0.29) is 46.4 Å². The summed E-state index contributed by atoms with van der Waals surface area (Å²) in [5.41, 5.74) is 2.85. The first-order valence-electron chi connectivity index (χ1n) is 18.0. The van der Waals surface area contributed by atoms with Crippen LogP contribution in [-0.2, 0) is 23.7 Å². The number of benzene rings is 4. The summed E-state index contributed by atoms with van der Waals surface area (Å²) < 4.78 is 24.8. The van der Waals surface area contributed by atoms with Crippen molar-refractivity contribution in [1.29, 1.82) is 0 Å². The van der Waals surface area contributed by atoms with Gasteiger partial charge in [-0.25, -0.2) is 29.3 Å². The number of amides is 1. The van der Waals surface area contributed by atoms with Crippen molar-refractivity contribution in [2.24, 2.45) is 0 Å². The fourth-order valence-electron chi connectivity index (χ4n) is 6.54. The SMILES string of the molecule is CCNC(=O)[C@H]1OC(n2cnc3c(NCC(c4ccccc4)c4ccccc4)nc(C(=O)OC)nc32)C(OC(=O)c2ccccc2)C1OC(=O)c1ccccc1. The van der Waals surface area contributed by atoms with Gasteiger partial charge in [0, 0.05) is 19.0 Å². The van der Waals surface area contributed by atoms with E-state index in [0.717, 1.165) is 11.1 Å². The van der Waals surface area contributed by atoms with Crippen LogP contribution in [0.4, 0.5) is 5.82 Å². The molecular formula is C42H38N6O8. The van der Waals surface area contributed by atoms with E-state index in [9.17, 15) is 19.2 Å². The van der Waals surface area contributed by atoms with E-state index >= 15 is 0 Å². The van der Waals surface area contributed by atoms with Crippen LogP contribution in [0.3, 0.4) is 0 Å². The maximum atomic E-state index is 13.7. The van der Waals surface area contributed by atoms with E-state index in [1.165, 1.54) is 18.0 Å². The zero-order chi connectivity index (χ0) is 39.0. The monoisotopic (exact) mass is 754 g/mol. The second kappa shape index (κ2) is 17.0. The van der Waals surface area contributed by atoms with Crippen molar-refractivity contribution in [1.82, 2.24) is 24.8 Å². The number of aromatic nitrogens is 4. The second-order valence-corrected chi connectivity index (χ2v) is 12.8. The van der Waals surface area contributed by atoms with Gasteiger partial charge in [0.15, 0.2) is 41.5 Å². The third-order valence-corrected chi connectivity index (χ3v) is 9.24. The molecule has 4 atom stereocenters. The quantitative estimate of drug-likeness (QED) is 0.115. The van der Waals surface area contributed by atoms with Crippen LogP contribution in [0.5, 0.6) is 0 Å². The molecule has 4 aromatic carbocycles. The molecule has 1 aliphatic rings. The molecule has 0 saturated carbocycles. The Morgan fingerprint density at radius 1 is 0.732 bits per heavy atom. The Morgan fingerprint density at radius 3 is 1.80 bits per heavy atom. The van der Waals surface area contributed by atoms with E-state index in [4.69, 9.17) is 18.9 Å². The fourth-order valence-corrected chi connectivity index (χ4v) is 6.54. The average Bonchev–Trinajstić information content (AvgIpc) is 3.83. The van der Waals surface area contributed by atoms with Crippen molar-refractivity contribution < 1.29 is 38.1 Å². The van der Waals surface area contributed by atoms with Gasteiger partial charge in [0.25, 0.3) is 5.91 Å². The third kappa shape index (κ3) is 7.95. The predicted molar refractivity (Wildman–Crippen MR) is 204 cm³/mol. The van der Waals surface area contributed by atoms with Crippen LogP contribution in [0.15, 0.2) is 128 Å². The number of imidazole rings is 1. The first-order valence-corrected chi connectivity index (χ1v) is 18.0. The van der Waals surface area contributed by atoms with E-state index < -0.39 is 48.4 Å². The minimum Gasteiger partial charge on any atom is -0.463 e. The van der Waals surface area contributed by atoms with Gasteiger partial charge < -0.3 is 29.6 Å². The number of anilines is 1. The fraction of sp³-hybridized carbons (Fsp3) is 0.214. The van der Waals surface area contributed by atoms with Gasteiger partial charge in [-0.1, -0.05) is 97.1 Å². The second-order valence-electron chi connectivity index (χ2n) is 12.8. The lowest BCUT2D eigenvalue weighted by Crippen LogP contribution is -2.46. The molecule has 0 aliphatic carbocycles. The summed E-state index contributed by atoms with van der Waals surface area (Å²) in [5, 5.41) is 6.09. The molecule has 1 amide bonds. The molecule has 1 fully saturated rings. The van der Waals surface area contributed by atoms with Crippen LogP contribution in [0, 0.1) is 0 Å². The van der Waals surface area contributed by atoms with Crippen molar-refractivity contribution in [2.75, 3.05) is 25.5 Å². The van der Waals surface area contributed by atoms with E-state index in [1.807, 2.05) is 60.7 Å². The highest BCUT2D eigenvalue weighted by Crippen LogP contribution is 2.37. The standard InChI is InChI=1S/C42H38N6O8/c1-3-43-38(49)33-32(55-40(50)28-20-12-6-13-21-28)34(56-41(51)29-22-14-7-15-23-29)39(54-33)48-25-45-31-35(46-36(42(52)53-2)47-37(31)48)44-24-30(26-16-8-4-9-17-26)27-18-10-5-11-19-27/h4-23,25,30,32-34,39H,3,24H2,1-2H3,(H,43,49)(H,44,46,47)/t32?,33-,34?,39?/m0/s1. The van der Waals surface area contributed by atoms with Crippen LogP contribution in [0.2, 0.25) is 0 Å². The number of fused-ring (bicyclic) bond motifs is 1. The Bertz CT molecular complexity index is 2270. The first-order chi connectivity index (χ1) is 27.4. The number of carbonyl (C=O) groups excluding carboxylic acids is 4. The van der Waals surface area contributed by atoms with Crippen molar-refractivity contribution in [3.8, 4) is 0 Å². The zero-order valence-electron chi connectivity index (χ0n) is 30.5. The normalized spacial score (nSPS) is 17.6. The average molecular weight is 755 g/mol. The van der Waals surface area contributed by atoms with Gasteiger partial charge >= 0.3 is 17.9 Å². The largest absolute Gasteiger partial charge is 0.463 e. The Kier molecular flexibility index (Phi) is 11.4. The van der Waals surface area contributed by atoms with Crippen molar-refractivity contribution in [2.45, 2.75) is 37.4 Å². The highest BCUT2D eigenvalue weighted by Gasteiger charge is 2.54. The molecule has 14 nitrogen and oxygen atoms in total. The molecule has 3 heterocycles. The number of nitrogens with one attached hydrogen (secondary N) is 2. The molecule has 0 bridgehead atoms. The minimum absolute atomic E-state index is 0.0920. The molecule has 1 aliphatic heterocycles. The van der Waals surface area contributed by atoms with E-state index in [2.05, 4.69) is 25.6 Å². The highest BCUT2D eigenvalue weighted by atomic mass is 16.6. The van der Waals surface area contributed by atoms with Crippen LogP contribution < -0.4 is 10.6 Å². The number of carbonyl (C=O) groups is 4. The molecule has 0 spiro atoms. The van der Waals surface area contributed by atoms with E-state index in [0.29, 0.717) is 6.54 Å². The summed E-state index contributed by atoms with van der Waals surface area (Å²) >= 11 is 0. The molecule has 7 rings (SSSR count). The highest BCUT2D eigenvalue weighted by molar-refractivity contribution is 5.92. The molecule has 284 valence electrons. The summed E-state index contributed by atoms with van der Waals surface area (Å²) in [6.45, 7) is 2.32. The number of nitrogens with zero attached hydrogens (tertiary/aromatic N) is 4. The topological polar surface area (TPSA) is 173 Å². The molecular weight excluding hydrogens is 716 g/mol. The Hall–Kier alpha value is -6.93.